The first-order valence-corrected chi connectivity index (χ1v) is 7.57. The summed E-state index contributed by atoms with van der Waals surface area (Å²) in [4.78, 5) is 28.0. The smallest absolute Gasteiger partial charge is 0.407 e. The number of nitro groups is 1. The summed E-state index contributed by atoms with van der Waals surface area (Å²) < 4.78 is 5.20. The molecule has 0 aromatic carbocycles. The molecule has 0 radical (unpaired) electrons. The fourth-order valence-electron chi connectivity index (χ4n) is 2.42. The van der Waals surface area contributed by atoms with E-state index in [1.54, 1.807) is 6.07 Å². The molecule has 1 aromatic heterocycles. The van der Waals surface area contributed by atoms with Gasteiger partial charge in [-0.05, 0) is 39.2 Å². The van der Waals surface area contributed by atoms with Crippen LogP contribution in [0.1, 0.15) is 27.2 Å². The van der Waals surface area contributed by atoms with E-state index in [9.17, 15) is 14.9 Å². The number of carbonyl (C=O) groups excluding carboxylic acids is 1. The number of amides is 1. The van der Waals surface area contributed by atoms with Crippen LogP contribution in [-0.2, 0) is 4.74 Å². The third-order valence-corrected chi connectivity index (χ3v) is 3.49. The Hall–Kier alpha value is -2.38. The minimum atomic E-state index is -0.505. The molecular formula is C15H22N4O4. The second-order valence-electron chi connectivity index (χ2n) is 6.62. The van der Waals surface area contributed by atoms with Gasteiger partial charge in [-0.2, -0.15) is 0 Å². The van der Waals surface area contributed by atoms with Gasteiger partial charge in [0.05, 0.1) is 4.92 Å². The largest absolute Gasteiger partial charge is 0.444 e. The van der Waals surface area contributed by atoms with Gasteiger partial charge < -0.3 is 15.0 Å². The van der Waals surface area contributed by atoms with Crippen molar-refractivity contribution in [3.8, 4) is 0 Å². The van der Waals surface area contributed by atoms with Crippen LogP contribution in [0.4, 0.5) is 16.3 Å². The summed E-state index contributed by atoms with van der Waals surface area (Å²) in [5.74, 6) is 1.02. The summed E-state index contributed by atoms with van der Waals surface area (Å²) in [6, 6.07) is 3.11. The molecule has 8 nitrogen and oxygen atoms in total. The van der Waals surface area contributed by atoms with Gasteiger partial charge in [0.2, 0.25) is 0 Å². The molecule has 1 atom stereocenters. The Bertz CT molecular complexity index is 568. The number of hydrogen-bond acceptors (Lipinski definition) is 6. The van der Waals surface area contributed by atoms with Gasteiger partial charge in [0.1, 0.15) is 17.6 Å². The zero-order valence-electron chi connectivity index (χ0n) is 13.6. The monoisotopic (exact) mass is 322 g/mol. The summed E-state index contributed by atoms with van der Waals surface area (Å²) in [7, 11) is 0. The molecule has 1 fully saturated rings. The van der Waals surface area contributed by atoms with Crippen molar-refractivity contribution >= 4 is 17.6 Å². The zero-order valence-corrected chi connectivity index (χ0v) is 13.6. The predicted octanol–water partition coefficient (Wildman–Crippen LogP) is 2.34. The van der Waals surface area contributed by atoms with Crippen LogP contribution in [0.3, 0.4) is 0 Å². The van der Waals surface area contributed by atoms with E-state index in [-0.39, 0.29) is 5.69 Å². The summed E-state index contributed by atoms with van der Waals surface area (Å²) in [5.41, 5.74) is -0.523. The number of ether oxygens (including phenoxy) is 1. The van der Waals surface area contributed by atoms with E-state index in [4.69, 9.17) is 4.74 Å². The Morgan fingerprint density at radius 1 is 1.52 bits per heavy atom. The van der Waals surface area contributed by atoms with Crippen LogP contribution in [0.25, 0.3) is 0 Å². The van der Waals surface area contributed by atoms with Crippen molar-refractivity contribution in [2.24, 2.45) is 5.92 Å². The Kier molecular flexibility index (Phi) is 5.02. The Morgan fingerprint density at radius 3 is 2.83 bits per heavy atom. The van der Waals surface area contributed by atoms with Gasteiger partial charge in [0.25, 0.3) is 5.69 Å². The van der Waals surface area contributed by atoms with Gasteiger partial charge in [0, 0.05) is 25.7 Å². The first-order chi connectivity index (χ1) is 10.7. The lowest BCUT2D eigenvalue weighted by atomic mass is 10.1. The van der Waals surface area contributed by atoms with Crippen LogP contribution in [0.15, 0.2) is 18.3 Å². The van der Waals surface area contributed by atoms with Gasteiger partial charge in [-0.3, -0.25) is 10.1 Å². The fourth-order valence-corrected chi connectivity index (χ4v) is 2.42. The van der Waals surface area contributed by atoms with Crippen LogP contribution < -0.4 is 10.2 Å². The molecule has 0 aliphatic carbocycles. The van der Waals surface area contributed by atoms with Crippen molar-refractivity contribution in [2.45, 2.75) is 32.8 Å². The lowest BCUT2D eigenvalue weighted by Gasteiger charge is -2.21. The fraction of sp³-hybridized carbons (Fsp3) is 0.600. The molecule has 1 aliphatic heterocycles. The molecule has 0 bridgehead atoms. The first-order valence-electron chi connectivity index (χ1n) is 7.57. The van der Waals surface area contributed by atoms with E-state index in [1.165, 1.54) is 12.3 Å². The number of rotatable bonds is 4. The average molecular weight is 322 g/mol. The highest BCUT2D eigenvalue weighted by Gasteiger charge is 2.25. The number of anilines is 1. The van der Waals surface area contributed by atoms with Gasteiger partial charge in [-0.25, -0.2) is 9.78 Å². The minimum absolute atomic E-state index is 0.0175. The third kappa shape index (κ3) is 5.08. The zero-order chi connectivity index (χ0) is 17.0. The highest BCUT2D eigenvalue weighted by molar-refractivity contribution is 5.67. The maximum Gasteiger partial charge on any atom is 0.407 e. The number of pyridine rings is 1. The summed E-state index contributed by atoms with van der Waals surface area (Å²) in [6.45, 7) is 7.57. The second kappa shape index (κ2) is 6.80. The van der Waals surface area contributed by atoms with Gasteiger partial charge in [-0.1, -0.05) is 0 Å². The topological polar surface area (TPSA) is 97.6 Å². The van der Waals surface area contributed by atoms with Crippen molar-refractivity contribution in [1.29, 1.82) is 0 Å². The number of nitrogens with zero attached hydrogens (tertiary/aromatic N) is 3. The van der Waals surface area contributed by atoms with E-state index in [0.717, 1.165) is 25.3 Å². The van der Waals surface area contributed by atoms with Crippen LogP contribution in [0.5, 0.6) is 0 Å². The number of nitrogens with one attached hydrogen (secondary N) is 1. The molecule has 8 heteroatoms. The van der Waals surface area contributed by atoms with Crippen molar-refractivity contribution in [3.05, 3.63) is 28.4 Å². The third-order valence-electron chi connectivity index (χ3n) is 3.49. The summed E-state index contributed by atoms with van der Waals surface area (Å²) >= 11 is 0. The van der Waals surface area contributed by atoms with Crippen molar-refractivity contribution in [1.82, 2.24) is 10.3 Å². The van der Waals surface area contributed by atoms with E-state index < -0.39 is 16.6 Å². The van der Waals surface area contributed by atoms with Gasteiger partial charge in [-0.15, -0.1) is 0 Å². The molecule has 2 rings (SSSR count). The van der Waals surface area contributed by atoms with Crippen LogP contribution in [0, 0.1) is 16.0 Å². The van der Waals surface area contributed by atoms with Crippen molar-refractivity contribution in [3.63, 3.8) is 0 Å². The number of alkyl carbamates (subject to hydrolysis) is 1. The lowest BCUT2D eigenvalue weighted by Crippen LogP contribution is -2.36. The highest BCUT2D eigenvalue weighted by atomic mass is 16.6. The molecule has 1 saturated heterocycles. The highest BCUT2D eigenvalue weighted by Crippen LogP contribution is 2.23. The normalized spacial score (nSPS) is 17.9. The lowest BCUT2D eigenvalue weighted by molar-refractivity contribution is -0.385. The van der Waals surface area contributed by atoms with Crippen LogP contribution in [-0.4, -0.2) is 41.2 Å². The maximum absolute atomic E-state index is 11.6. The van der Waals surface area contributed by atoms with E-state index in [0.29, 0.717) is 12.5 Å². The summed E-state index contributed by atoms with van der Waals surface area (Å²) in [5, 5.41) is 13.4. The molecule has 0 saturated carbocycles. The minimum Gasteiger partial charge on any atom is -0.444 e. The molecule has 1 aromatic rings. The van der Waals surface area contributed by atoms with E-state index in [1.807, 2.05) is 20.8 Å². The molecule has 126 valence electrons. The Balaban J connectivity index is 1.82. The van der Waals surface area contributed by atoms with E-state index in [2.05, 4.69) is 15.2 Å². The molecule has 1 N–H and O–H groups in total. The maximum atomic E-state index is 11.6. The molecule has 1 aliphatic rings. The number of aromatic nitrogens is 1. The van der Waals surface area contributed by atoms with E-state index >= 15 is 0 Å². The quantitative estimate of drug-likeness (QED) is 0.675. The SMILES string of the molecule is CC(C)(C)OC(=O)NC[C@@H]1CCN(c2ccc([N+](=O)[O-])cn2)C1. The Morgan fingerprint density at radius 2 is 2.26 bits per heavy atom. The first kappa shape index (κ1) is 17.0. The van der Waals surface area contributed by atoms with Crippen molar-refractivity contribution in [2.75, 3.05) is 24.5 Å². The molecule has 23 heavy (non-hydrogen) atoms. The average Bonchev–Trinajstić information content (AvgIpc) is 2.92. The molecule has 2 heterocycles. The molecular weight excluding hydrogens is 300 g/mol. The number of carbonyl (C=O) groups is 1. The van der Waals surface area contributed by atoms with Crippen LogP contribution >= 0.6 is 0 Å². The van der Waals surface area contributed by atoms with Crippen LogP contribution in [0.2, 0.25) is 0 Å². The molecule has 0 spiro atoms. The summed E-state index contributed by atoms with van der Waals surface area (Å²) in [6.07, 6.45) is 1.78. The van der Waals surface area contributed by atoms with Crippen molar-refractivity contribution < 1.29 is 14.5 Å². The Labute approximate surface area is 135 Å². The second-order valence-corrected chi connectivity index (χ2v) is 6.62. The molecule has 0 unspecified atom stereocenters. The predicted molar refractivity (Wildman–Crippen MR) is 85.4 cm³/mol. The standard InChI is InChI=1S/C15H22N4O4/c1-15(2,3)23-14(20)17-8-11-6-7-18(10-11)13-5-4-12(9-16-13)19(21)22/h4-5,9,11H,6-8,10H2,1-3H3,(H,17,20)/t11-/m0/s1. The number of hydrogen-bond donors (Lipinski definition) is 1. The van der Waals surface area contributed by atoms with Gasteiger partial charge >= 0.3 is 6.09 Å². The van der Waals surface area contributed by atoms with Gasteiger partial charge in [0.15, 0.2) is 0 Å². The molecule has 1 amide bonds.